The highest BCUT2D eigenvalue weighted by Crippen LogP contribution is 2.21. The molecule has 108 valence electrons. The molecule has 1 nitrogen and oxygen atoms in total. The lowest BCUT2D eigenvalue weighted by atomic mass is 9.99. The van der Waals surface area contributed by atoms with Crippen LogP contribution in [0.25, 0.3) is 0 Å². The zero-order valence-corrected chi connectivity index (χ0v) is 13.3. The molecule has 19 heavy (non-hydrogen) atoms. The van der Waals surface area contributed by atoms with Gasteiger partial charge in [0.05, 0.1) is 0 Å². The van der Waals surface area contributed by atoms with Gasteiger partial charge in [0, 0.05) is 17.1 Å². The molecule has 0 aliphatic heterocycles. The molecule has 0 heterocycles. The molecule has 0 amide bonds. The van der Waals surface area contributed by atoms with Crippen LogP contribution in [-0.4, -0.2) is 6.04 Å². The summed E-state index contributed by atoms with van der Waals surface area (Å²) in [6, 6.07) is 9.36. The molecule has 0 bridgehead atoms. The predicted octanol–water partition coefficient (Wildman–Crippen LogP) is 5.74. The van der Waals surface area contributed by atoms with E-state index >= 15 is 0 Å². The van der Waals surface area contributed by atoms with Crippen LogP contribution in [0.15, 0.2) is 24.3 Å². The number of rotatable bonds is 9. The molecule has 2 heteroatoms. The Labute approximate surface area is 123 Å². The topological polar surface area (TPSA) is 12.0 Å². The third-order valence-corrected chi connectivity index (χ3v) is 3.91. The van der Waals surface area contributed by atoms with Gasteiger partial charge in [-0.25, -0.2) is 0 Å². The van der Waals surface area contributed by atoms with Gasteiger partial charge >= 0.3 is 0 Å². The average molecular weight is 282 g/mol. The highest BCUT2D eigenvalue weighted by molar-refractivity contribution is 6.30. The van der Waals surface area contributed by atoms with Gasteiger partial charge in [0.1, 0.15) is 0 Å². The first-order valence-corrected chi connectivity index (χ1v) is 8.10. The van der Waals surface area contributed by atoms with E-state index in [4.69, 9.17) is 11.6 Å². The summed E-state index contributed by atoms with van der Waals surface area (Å²) in [5, 5.41) is 4.65. The summed E-state index contributed by atoms with van der Waals surface area (Å²) in [5.41, 5.74) is 1.35. The lowest BCUT2D eigenvalue weighted by molar-refractivity contribution is 0.377. The van der Waals surface area contributed by atoms with Crippen LogP contribution < -0.4 is 5.32 Å². The Balaban J connectivity index is 2.64. The van der Waals surface area contributed by atoms with Gasteiger partial charge in [-0.3, -0.25) is 0 Å². The monoisotopic (exact) mass is 281 g/mol. The Kier molecular flexibility index (Phi) is 8.16. The lowest BCUT2D eigenvalue weighted by Crippen LogP contribution is -2.32. The largest absolute Gasteiger partial charge is 0.307 e. The highest BCUT2D eigenvalue weighted by atomic mass is 35.5. The second kappa shape index (κ2) is 9.39. The van der Waals surface area contributed by atoms with Gasteiger partial charge in [-0.15, -0.1) is 0 Å². The van der Waals surface area contributed by atoms with Crippen molar-refractivity contribution in [3.8, 4) is 0 Å². The van der Waals surface area contributed by atoms with Crippen LogP contribution >= 0.6 is 11.6 Å². The molecular formula is C17H28ClN. The maximum absolute atomic E-state index is 5.96. The highest BCUT2D eigenvalue weighted by Gasteiger charge is 2.14. The van der Waals surface area contributed by atoms with Crippen molar-refractivity contribution >= 4 is 11.6 Å². The van der Waals surface area contributed by atoms with Crippen LogP contribution in [-0.2, 0) is 0 Å². The summed E-state index contributed by atoms with van der Waals surface area (Å²) in [5.74, 6) is 0. The first-order chi connectivity index (χ1) is 9.21. The molecule has 1 aromatic rings. The minimum Gasteiger partial charge on any atom is -0.307 e. The van der Waals surface area contributed by atoms with E-state index in [1.807, 2.05) is 12.1 Å². The van der Waals surface area contributed by atoms with Gasteiger partial charge in [0.15, 0.2) is 0 Å². The number of benzene rings is 1. The van der Waals surface area contributed by atoms with Gasteiger partial charge in [-0.1, -0.05) is 63.8 Å². The van der Waals surface area contributed by atoms with Gasteiger partial charge in [0.25, 0.3) is 0 Å². The third-order valence-electron chi connectivity index (χ3n) is 3.66. The second-order valence-electron chi connectivity index (χ2n) is 5.31. The van der Waals surface area contributed by atoms with Crippen molar-refractivity contribution in [1.82, 2.24) is 5.32 Å². The van der Waals surface area contributed by atoms with Crippen LogP contribution in [0.4, 0.5) is 0 Å². The summed E-state index contributed by atoms with van der Waals surface area (Å²) in [6.07, 6.45) is 7.51. The summed E-state index contributed by atoms with van der Waals surface area (Å²) in [7, 11) is 0. The van der Waals surface area contributed by atoms with E-state index in [2.05, 4.69) is 38.2 Å². The van der Waals surface area contributed by atoms with Crippen molar-refractivity contribution in [1.29, 1.82) is 0 Å². The number of nitrogens with one attached hydrogen (secondary N) is 1. The van der Waals surface area contributed by atoms with Crippen LogP contribution in [0, 0.1) is 0 Å². The van der Waals surface area contributed by atoms with Crippen molar-refractivity contribution < 1.29 is 0 Å². The number of hydrogen-bond donors (Lipinski definition) is 1. The van der Waals surface area contributed by atoms with E-state index in [0.29, 0.717) is 12.1 Å². The number of hydrogen-bond acceptors (Lipinski definition) is 1. The van der Waals surface area contributed by atoms with E-state index in [1.165, 1.54) is 37.7 Å². The second-order valence-corrected chi connectivity index (χ2v) is 5.74. The van der Waals surface area contributed by atoms with Gasteiger partial charge in [-0.05, 0) is 37.0 Å². The van der Waals surface area contributed by atoms with E-state index < -0.39 is 0 Å². The molecule has 0 aliphatic carbocycles. The molecule has 0 saturated heterocycles. The number of unbranched alkanes of at least 4 members (excludes halogenated alkanes) is 1. The van der Waals surface area contributed by atoms with Crippen molar-refractivity contribution in [3.05, 3.63) is 34.9 Å². The fourth-order valence-corrected chi connectivity index (χ4v) is 2.67. The Morgan fingerprint density at radius 3 is 2.21 bits per heavy atom. The van der Waals surface area contributed by atoms with E-state index in [1.54, 1.807) is 0 Å². The van der Waals surface area contributed by atoms with Crippen molar-refractivity contribution in [2.75, 3.05) is 0 Å². The molecule has 0 saturated carbocycles. The zero-order valence-electron chi connectivity index (χ0n) is 12.6. The molecule has 0 spiro atoms. The standard InChI is InChI=1S/C17H28ClN/c1-4-7-9-16(8-5-2)19-17(6-3)14-10-12-15(18)13-11-14/h10-13,16-17,19H,4-9H2,1-3H3. The zero-order chi connectivity index (χ0) is 14.1. The summed E-state index contributed by atoms with van der Waals surface area (Å²) >= 11 is 5.96. The van der Waals surface area contributed by atoms with Crippen molar-refractivity contribution in [2.45, 2.75) is 71.4 Å². The molecule has 1 aromatic carbocycles. The summed E-state index contributed by atoms with van der Waals surface area (Å²) in [6.45, 7) is 6.78. The SMILES string of the molecule is CCCCC(CCC)NC(CC)c1ccc(Cl)cc1. The van der Waals surface area contributed by atoms with Gasteiger partial charge in [0.2, 0.25) is 0 Å². The molecule has 0 radical (unpaired) electrons. The molecule has 1 rings (SSSR count). The molecular weight excluding hydrogens is 254 g/mol. The van der Waals surface area contributed by atoms with Crippen LogP contribution in [0.3, 0.4) is 0 Å². The molecule has 1 N–H and O–H groups in total. The first-order valence-electron chi connectivity index (χ1n) is 7.72. The minimum absolute atomic E-state index is 0.450. The summed E-state index contributed by atoms with van der Waals surface area (Å²) < 4.78 is 0. The van der Waals surface area contributed by atoms with Gasteiger partial charge < -0.3 is 5.32 Å². The lowest BCUT2D eigenvalue weighted by Gasteiger charge is -2.25. The Morgan fingerprint density at radius 1 is 1.00 bits per heavy atom. The maximum atomic E-state index is 5.96. The smallest absolute Gasteiger partial charge is 0.0406 e. The Bertz CT molecular complexity index is 334. The van der Waals surface area contributed by atoms with Crippen LogP contribution in [0.1, 0.15) is 70.9 Å². The number of halogens is 1. The fourth-order valence-electron chi connectivity index (χ4n) is 2.54. The third kappa shape index (κ3) is 5.97. The maximum Gasteiger partial charge on any atom is 0.0406 e. The van der Waals surface area contributed by atoms with Gasteiger partial charge in [-0.2, -0.15) is 0 Å². The summed E-state index contributed by atoms with van der Waals surface area (Å²) in [4.78, 5) is 0. The average Bonchev–Trinajstić information content (AvgIpc) is 2.43. The fraction of sp³-hybridized carbons (Fsp3) is 0.647. The van der Waals surface area contributed by atoms with Crippen LogP contribution in [0.2, 0.25) is 5.02 Å². The molecule has 2 atom stereocenters. The van der Waals surface area contributed by atoms with E-state index in [9.17, 15) is 0 Å². The quantitative estimate of drug-likeness (QED) is 0.608. The first kappa shape index (κ1) is 16.5. The molecule has 2 unspecified atom stereocenters. The predicted molar refractivity (Wildman–Crippen MR) is 85.8 cm³/mol. The Morgan fingerprint density at radius 2 is 1.68 bits per heavy atom. The van der Waals surface area contributed by atoms with Crippen molar-refractivity contribution in [3.63, 3.8) is 0 Å². The van der Waals surface area contributed by atoms with E-state index in [-0.39, 0.29) is 0 Å². The molecule has 0 fully saturated rings. The normalized spacial score (nSPS) is 14.3. The van der Waals surface area contributed by atoms with E-state index in [0.717, 1.165) is 11.4 Å². The van der Waals surface area contributed by atoms with Crippen molar-refractivity contribution in [2.24, 2.45) is 0 Å². The Hall–Kier alpha value is -0.530. The minimum atomic E-state index is 0.450. The van der Waals surface area contributed by atoms with Crippen LogP contribution in [0.5, 0.6) is 0 Å². The molecule has 0 aliphatic rings. The molecule has 0 aromatic heterocycles.